The molecule has 0 atom stereocenters. The van der Waals surface area contributed by atoms with Gasteiger partial charge in [-0.05, 0) is 6.07 Å². The first kappa shape index (κ1) is 10.2. The van der Waals surface area contributed by atoms with E-state index in [9.17, 15) is 9.59 Å². The average molecular weight is 219 g/mol. The lowest BCUT2D eigenvalue weighted by Crippen LogP contribution is -2.33. The van der Waals surface area contributed by atoms with E-state index in [0.29, 0.717) is 6.42 Å². The molecular weight excluding hydrogens is 210 g/mol. The lowest BCUT2D eigenvalue weighted by Gasteiger charge is -2.10. The molecule has 0 fully saturated rings. The fraction of sp³-hybridized carbons (Fsp3) is 0.222. The highest BCUT2D eigenvalue weighted by atomic mass is 16.2. The van der Waals surface area contributed by atoms with E-state index in [-0.39, 0.29) is 24.0 Å². The van der Waals surface area contributed by atoms with E-state index >= 15 is 0 Å². The molecule has 1 aromatic heterocycles. The van der Waals surface area contributed by atoms with Crippen molar-refractivity contribution in [3.05, 3.63) is 18.5 Å². The first-order chi connectivity index (χ1) is 7.75. The summed E-state index contributed by atoms with van der Waals surface area (Å²) < 4.78 is 0. The van der Waals surface area contributed by atoms with Crippen LogP contribution in [0.4, 0.5) is 5.95 Å². The lowest BCUT2D eigenvalue weighted by molar-refractivity contribution is -0.121. The molecular formula is C9H9N5O2. The van der Waals surface area contributed by atoms with Gasteiger partial charge >= 0.3 is 0 Å². The molecule has 7 nitrogen and oxygen atoms in total. The molecule has 0 saturated heterocycles. The number of carbonyl (C=O) groups excluding carboxylic acids is 2. The van der Waals surface area contributed by atoms with Gasteiger partial charge in [0.1, 0.15) is 5.71 Å². The summed E-state index contributed by atoms with van der Waals surface area (Å²) in [5.41, 5.74) is 2.52. The number of anilines is 1. The third-order valence-corrected chi connectivity index (χ3v) is 1.96. The van der Waals surface area contributed by atoms with E-state index in [1.165, 1.54) is 12.4 Å². The van der Waals surface area contributed by atoms with Gasteiger partial charge < -0.3 is 0 Å². The molecule has 2 rings (SSSR count). The number of rotatable bonds is 2. The Morgan fingerprint density at radius 1 is 1.31 bits per heavy atom. The number of hydrogen-bond acceptors (Lipinski definition) is 5. The summed E-state index contributed by atoms with van der Waals surface area (Å²) >= 11 is 0. The van der Waals surface area contributed by atoms with Crippen molar-refractivity contribution in [1.82, 2.24) is 15.4 Å². The number of nitrogens with zero attached hydrogens (tertiary/aromatic N) is 3. The fourth-order valence-corrected chi connectivity index (χ4v) is 1.18. The molecule has 1 aromatic rings. The number of hydrogen-bond donors (Lipinski definition) is 2. The van der Waals surface area contributed by atoms with Crippen LogP contribution < -0.4 is 10.7 Å². The second-order valence-electron chi connectivity index (χ2n) is 3.12. The normalized spacial score (nSPS) is 15.0. The Bertz CT molecular complexity index is 442. The van der Waals surface area contributed by atoms with Crippen LogP contribution in [0.3, 0.4) is 0 Å². The van der Waals surface area contributed by atoms with Gasteiger partial charge in [0.05, 0.1) is 0 Å². The Balaban J connectivity index is 2.01. The number of hydrazone groups is 1. The number of amides is 2. The predicted molar refractivity (Wildman–Crippen MR) is 55.5 cm³/mol. The molecule has 0 aromatic carbocycles. The zero-order valence-electron chi connectivity index (χ0n) is 8.30. The summed E-state index contributed by atoms with van der Waals surface area (Å²) in [6, 6.07) is 1.65. The van der Waals surface area contributed by atoms with E-state index in [1.54, 1.807) is 6.07 Å². The van der Waals surface area contributed by atoms with Crippen molar-refractivity contribution in [3.63, 3.8) is 0 Å². The van der Waals surface area contributed by atoms with Crippen molar-refractivity contribution in [3.8, 4) is 0 Å². The molecule has 0 aliphatic carbocycles. The molecule has 0 unspecified atom stereocenters. The molecule has 7 heteroatoms. The monoisotopic (exact) mass is 219 g/mol. The molecule has 82 valence electrons. The van der Waals surface area contributed by atoms with Crippen LogP contribution in [0.1, 0.15) is 12.8 Å². The second-order valence-corrected chi connectivity index (χ2v) is 3.12. The van der Waals surface area contributed by atoms with Crippen molar-refractivity contribution in [1.29, 1.82) is 0 Å². The average Bonchev–Trinajstić information content (AvgIpc) is 2.31. The third-order valence-electron chi connectivity index (χ3n) is 1.96. The van der Waals surface area contributed by atoms with Crippen LogP contribution in [0.2, 0.25) is 0 Å². The molecule has 1 aliphatic rings. The van der Waals surface area contributed by atoms with Crippen LogP contribution in [0, 0.1) is 0 Å². The van der Waals surface area contributed by atoms with Crippen LogP contribution >= 0.6 is 0 Å². The second kappa shape index (κ2) is 4.47. The van der Waals surface area contributed by atoms with Crippen LogP contribution in [0.25, 0.3) is 0 Å². The van der Waals surface area contributed by atoms with Gasteiger partial charge in [-0.25, -0.2) is 15.4 Å². The molecule has 16 heavy (non-hydrogen) atoms. The summed E-state index contributed by atoms with van der Waals surface area (Å²) in [6.45, 7) is 0. The molecule has 0 bridgehead atoms. The van der Waals surface area contributed by atoms with Gasteiger partial charge in [0.15, 0.2) is 0 Å². The van der Waals surface area contributed by atoms with Crippen molar-refractivity contribution >= 4 is 23.5 Å². The minimum Gasteiger partial charge on any atom is -0.289 e. The molecule has 1 aliphatic heterocycles. The van der Waals surface area contributed by atoms with Gasteiger partial charge in [-0.3, -0.25) is 14.9 Å². The minimum absolute atomic E-state index is 0.187. The van der Waals surface area contributed by atoms with Crippen LogP contribution in [-0.2, 0) is 9.59 Å². The highest BCUT2D eigenvalue weighted by molar-refractivity contribution is 6.43. The highest BCUT2D eigenvalue weighted by Crippen LogP contribution is 2.02. The summed E-state index contributed by atoms with van der Waals surface area (Å²) in [6.07, 6.45) is 3.63. The fourth-order valence-electron chi connectivity index (χ4n) is 1.18. The van der Waals surface area contributed by atoms with Crippen LogP contribution in [-0.4, -0.2) is 27.5 Å². The Kier molecular flexibility index (Phi) is 2.86. The topological polar surface area (TPSA) is 96.3 Å². The van der Waals surface area contributed by atoms with Crippen molar-refractivity contribution < 1.29 is 9.59 Å². The quantitative estimate of drug-likeness (QED) is 0.712. The molecule has 2 heterocycles. The summed E-state index contributed by atoms with van der Waals surface area (Å²) in [4.78, 5) is 30.1. The molecule has 2 N–H and O–H groups in total. The van der Waals surface area contributed by atoms with Gasteiger partial charge in [-0.2, -0.15) is 5.10 Å². The van der Waals surface area contributed by atoms with E-state index in [1.807, 2.05) is 0 Å². The Morgan fingerprint density at radius 2 is 2.06 bits per heavy atom. The summed E-state index contributed by atoms with van der Waals surface area (Å²) in [7, 11) is 0. The number of nitrogens with one attached hydrogen (secondary N) is 2. The Labute approximate surface area is 91.0 Å². The lowest BCUT2D eigenvalue weighted by atomic mass is 10.2. The Morgan fingerprint density at radius 3 is 2.69 bits per heavy atom. The summed E-state index contributed by atoms with van der Waals surface area (Å²) in [5, 5.41) is 6.14. The van der Waals surface area contributed by atoms with Gasteiger partial charge in [-0.15, -0.1) is 0 Å². The summed E-state index contributed by atoms with van der Waals surface area (Å²) in [5.74, 6) is -0.370. The Hall–Kier alpha value is -2.31. The van der Waals surface area contributed by atoms with Gasteiger partial charge in [0.2, 0.25) is 11.9 Å². The molecule has 0 spiro atoms. The first-order valence-electron chi connectivity index (χ1n) is 4.69. The van der Waals surface area contributed by atoms with Crippen LogP contribution in [0.5, 0.6) is 0 Å². The van der Waals surface area contributed by atoms with E-state index < -0.39 is 5.91 Å². The van der Waals surface area contributed by atoms with Crippen molar-refractivity contribution in [2.45, 2.75) is 12.8 Å². The third kappa shape index (κ3) is 2.38. The minimum atomic E-state index is -0.397. The first-order valence-corrected chi connectivity index (χ1v) is 4.69. The van der Waals surface area contributed by atoms with E-state index in [2.05, 4.69) is 25.8 Å². The molecule has 2 amide bonds. The highest BCUT2D eigenvalue weighted by Gasteiger charge is 2.18. The van der Waals surface area contributed by atoms with Crippen molar-refractivity contribution in [2.24, 2.45) is 5.10 Å². The zero-order chi connectivity index (χ0) is 11.4. The molecule has 0 saturated carbocycles. The maximum absolute atomic E-state index is 11.6. The van der Waals surface area contributed by atoms with Gasteiger partial charge in [0, 0.05) is 25.2 Å². The van der Waals surface area contributed by atoms with Crippen LogP contribution in [0.15, 0.2) is 23.6 Å². The maximum Gasteiger partial charge on any atom is 0.274 e. The number of aromatic nitrogens is 2. The zero-order valence-corrected chi connectivity index (χ0v) is 8.30. The predicted octanol–water partition coefficient (Wildman–Crippen LogP) is -0.319. The largest absolute Gasteiger partial charge is 0.289 e. The SMILES string of the molecule is O=C1CCC(C(=O)Nc2ncccn2)=NN1. The maximum atomic E-state index is 11.6. The van der Waals surface area contributed by atoms with E-state index in [0.717, 1.165) is 0 Å². The smallest absolute Gasteiger partial charge is 0.274 e. The van der Waals surface area contributed by atoms with Crippen molar-refractivity contribution in [2.75, 3.05) is 5.32 Å². The van der Waals surface area contributed by atoms with E-state index in [4.69, 9.17) is 0 Å². The standard InChI is InChI=1S/C9H9N5O2/c15-7-3-2-6(13-14-7)8(16)12-9-10-4-1-5-11-9/h1,4-5H,2-3H2,(H,14,15)(H,10,11,12,16). The van der Waals surface area contributed by atoms with Gasteiger partial charge in [-0.1, -0.05) is 0 Å². The number of carbonyl (C=O) groups is 2. The molecule has 0 radical (unpaired) electrons. The van der Waals surface area contributed by atoms with Gasteiger partial charge in [0.25, 0.3) is 5.91 Å².